The van der Waals surface area contributed by atoms with Gasteiger partial charge in [-0.1, -0.05) is 30.3 Å². The molecule has 1 aliphatic rings. The average Bonchev–Trinajstić information content (AvgIpc) is 2.79. The minimum Gasteiger partial charge on any atom is -0.373 e. The second-order valence-electron chi connectivity index (χ2n) is 7.34. The maximum Gasteiger partial charge on any atom is 0.228 e. The Morgan fingerprint density at radius 2 is 1.93 bits per heavy atom. The molecule has 2 aromatic heterocycles. The Kier molecular flexibility index (Phi) is 6.26. The van der Waals surface area contributed by atoms with Crippen LogP contribution < -0.4 is 10.6 Å². The van der Waals surface area contributed by atoms with Crippen LogP contribution in [0.5, 0.6) is 0 Å². The van der Waals surface area contributed by atoms with E-state index in [0.29, 0.717) is 17.7 Å². The normalized spacial score (nSPS) is 17.1. The molecule has 3 heterocycles. The van der Waals surface area contributed by atoms with Crippen molar-refractivity contribution >= 4 is 17.6 Å². The van der Waals surface area contributed by atoms with E-state index in [-0.39, 0.29) is 0 Å². The summed E-state index contributed by atoms with van der Waals surface area (Å²) in [7, 11) is 1.83. The third-order valence-electron chi connectivity index (χ3n) is 5.32. The van der Waals surface area contributed by atoms with Gasteiger partial charge < -0.3 is 15.5 Å². The second-order valence-corrected chi connectivity index (χ2v) is 7.34. The third-order valence-corrected chi connectivity index (χ3v) is 5.32. The molecule has 0 amide bonds. The summed E-state index contributed by atoms with van der Waals surface area (Å²) in [5.74, 6) is 2.43. The molecule has 1 saturated heterocycles. The number of anilines is 3. The fraction of sp³-hybridized carbons (Fsp3) is 0.364. The van der Waals surface area contributed by atoms with Gasteiger partial charge in [0.25, 0.3) is 0 Å². The van der Waals surface area contributed by atoms with Gasteiger partial charge in [-0.15, -0.1) is 0 Å². The van der Waals surface area contributed by atoms with Gasteiger partial charge in [-0.05, 0) is 37.4 Å². The molecule has 7 nitrogen and oxygen atoms in total. The highest BCUT2D eigenvalue weighted by Crippen LogP contribution is 2.26. The van der Waals surface area contributed by atoms with E-state index >= 15 is 0 Å². The van der Waals surface area contributed by atoms with E-state index in [9.17, 15) is 0 Å². The van der Waals surface area contributed by atoms with E-state index < -0.39 is 0 Å². The molecule has 0 spiro atoms. The molecular formula is C22H27N7. The van der Waals surface area contributed by atoms with Crippen LogP contribution in [0.15, 0.2) is 55.0 Å². The van der Waals surface area contributed by atoms with Gasteiger partial charge in [0.05, 0.1) is 5.69 Å². The molecule has 4 rings (SSSR count). The minimum atomic E-state index is 0.432. The van der Waals surface area contributed by atoms with E-state index in [1.165, 1.54) is 18.3 Å². The van der Waals surface area contributed by atoms with Crippen LogP contribution >= 0.6 is 0 Å². The Balaban J connectivity index is 1.39. The summed E-state index contributed by atoms with van der Waals surface area (Å²) in [4.78, 5) is 20.1. The van der Waals surface area contributed by atoms with Crippen LogP contribution in [0.25, 0.3) is 0 Å². The Morgan fingerprint density at radius 1 is 1.07 bits per heavy atom. The van der Waals surface area contributed by atoms with Crippen molar-refractivity contribution in [3.05, 3.63) is 66.2 Å². The number of hydrogen-bond acceptors (Lipinski definition) is 7. The molecule has 150 valence electrons. The van der Waals surface area contributed by atoms with Crippen LogP contribution in [0.2, 0.25) is 0 Å². The average molecular weight is 390 g/mol. The van der Waals surface area contributed by atoms with E-state index in [4.69, 9.17) is 4.98 Å². The van der Waals surface area contributed by atoms with Crippen molar-refractivity contribution < 1.29 is 0 Å². The fourth-order valence-corrected chi connectivity index (χ4v) is 3.77. The molecule has 2 N–H and O–H groups in total. The maximum atomic E-state index is 4.77. The first-order valence-corrected chi connectivity index (χ1v) is 10.2. The first kappa shape index (κ1) is 19.3. The molecule has 7 heteroatoms. The smallest absolute Gasteiger partial charge is 0.228 e. The summed E-state index contributed by atoms with van der Waals surface area (Å²) >= 11 is 0. The van der Waals surface area contributed by atoms with Crippen molar-refractivity contribution in [1.29, 1.82) is 0 Å². The second kappa shape index (κ2) is 9.43. The summed E-state index contributed by atoms with van der Waals surface area (Å²) < 4.78 is 0. The van der Waals surface area contributed by atoms with Crippen molar-refractivity contribution in [2.45, 2.75) is 25.2 Å². The van der Waals surface area contributed by atoms with Gasteiger partial charge in [-0.2, -0.15) is 0 Å². The lowest BCUT2D eigenvalue weighted by Gasteiger charge is -2.32. The molecule has 1 aromatic carbocycles. The molecular weight excluding hydrogens is 362 g/mol. The van der Waals surface area contributed by atoms with Gasteiger partial charge in [-0.3, -0.25) is 0 Å². The molecule has 1 aliphatic heterocycles. The number of benzene rings is 1. The van der Waals surface area contributed by atoms with Gasteiger partial charge in [0, 0.05) is 38.3 Å². The molecule has 3 aromatic rings. The molecule has 0 bridgehead atoms. The predicted molar refractivity (Wildman–Crippen MR) is 115 cm³/mol. The van der Waals surface area contributed by atoms with Crippen molar-refractivity contribution in [2.75, 3.05) is 37.3 Å². The minimum absolute atomic E-state index is 0.432. The van der Waals surface area contributed by atoms with Crippen LogP contribution in [0.1, 0.15) is 30.0 Å². The zero-order valence-corrected chi connectivity index (χ0v) is 16.8. The number of likely N-dealkylation sites (tertiary alicyclic amines) is 1. The summed E-state index contributed by atoms with van der Waals surface area (Å²) in [6, 6.07) is 14.6. The number of rotatable bonds is 7. The van der Waals surface area contributed by atoms with Gasteiger partial charge in [-0.25, -0.2) is 19.9 Å². The topological polar surface area (TPSA) is 78.9 Å². The van der Waals surface area contributed by atoms with Crippen molar-refractivity contribution in [3.63, 3.8) is 0 Å². The van der Waals surface area contributed by atoms with E-state index in [0.717, 1.165) is 44.0 Å². The molecule has 0 aliphatic carbocycles. The molecule has 1 atom stereocenters. The standard InChI is InChI=1S/C22H27N7/c1-23-20-14-21(26-16-25-20)28-22-24-11-9-19(27-22)18-8-5-12-29(15-18)13-10-17-6-3-2-4-7-17/h2-4,6-7,9,11,14,16,18H,5,8,10,12-13,15H2,1H3,(H2,23,24,25,26,27,28)/t18-/m0/s1. The monoisotopic (exact) mass is 389 g/mol. The maximum absolute atomic E-state index is 4.77. The summed E-state index contributed by atoms with van der Waals surface area (Å²) in [6.45, 7) is 3.29. The molecule has 0 radical (unpaired) electrons. The van der Waals surface area contributed by atoms with Crippen LogP contribution in [-0.2, 0) is 6.42 Å². The van der Waals surface area contributed by atoms with Crippen LogP contribution in [0, 0.1) is 0 Å². The lowest BCUT2D eigenvalue weighted by molar-refractivity contribution is 0.208. The molecule has 0 saturated carbocycles. The largest absolute Gasteiger partial charge is 0.373 e. The van der Waals surface area contributed by atoms with Crippen molar-refractivity contribution in [3.8, 4) is 0 Å². The lowest BCUT2D eigenvalue weighted by atomic mass is 9.94. The van der Waals surface area contributed by atoms with Gasteiger partial charge in [0.1, 0.15) is 18.0 Å². The van der Waals surface area contributed by atoms with E-state index in [1.807, 2.05) is 25.4 Å². The zero-order valence-electron chi connectivity index (χ0n) is 16.8. The third kappa shape index (κ3) is 5.26. The Labute approximate surface area is 171 Å². The number of piperidine rings is 1. The van der Waals surface area contributed by atoms with Gasteiger partial charge >= 0.3 is 0 Å². The summed E-state index contributed by atoms with van der Waals surface area (Å²) in [5, 5.41) is 6.20. The summed E-state index contributed by atoms with van der Waals surface area (Å²) in [5.41, 5.74) is 2.49. The van der Waals surface area contributed by atoms with Crippen LogP contribution in [0.3, 0.4) is 0 Å². The highest BCUT2D eigenvalue weighted by molar-refractivity contribution is 5.52. The number of nitrogens with zero attached hydrogens (tertiary/aromatic N) is 5. The predicted octanol–water partition coefficient (Wildman–Crippen LogP) is 3.47. The number of nitrogens with one attached hydrogen (secondary N) is 2. The van der Waals surface area contributed by atoms with Crippen molar-refractivity contribution in [1.82, 2.24) is 24.8 Å². The zero-order chi connectivity index (χ0) is 19.9. The quantitative estimate of drug-likeness (QED) is 0.640. The molecule has 1 fully saturated rings. The van der Waals surface area contributed by atoms with E-state index in [1.54, 1.807) is 0 Å². The highest BCUT2D eigenvalue weighted by Gasteiger charge is 2.22. The van der Waals surface area contributed by atoms with Gasteiger partial charge in [0.15, 0.2) is 0 Å². The summed E-state index contributed by atoms with van der Waals surface area (Å²) in [6.07, 6.45) is 6.79. The Hall–Kier alpha value is -3.06. The Morgan fingerprint density at radius 3 is 2.79 bits per heavy atom. The lowest BCUT2D eigenvalue weighted by Crippen LogP contribution is -2.36. The fourth-order valence-electron chi connectivity index (χ4n) is 3.77. The molecule has 29 heavy (non-hydrogen) atoms. The molecule has 0 unspecified atom stereocenters. The number of hydrogen-bond donors (Lipinski definition) is 2. The highest BCUT2D eigenvalue weighted by atomic mass is 15.2. The van der Waals surface area contributed by atoms with Crippen LogP contribution in [0.4, 0.5) is 17.6 Å². The first-order valence-electron chi connectivity index (χ1n) is 10.2. The Bertz CT molecular complexity index is 916. The van der Waals surface area contributed by atoms with Crippen molar-refractivity contribution in [2.24, 2.45) is 0 Å². The van der Waals surface area contributed by atoms with Gasteiger partial charge in [0.2, 0.25) is 5.95 Å². The SMILES string of the molecule is CNc1cc(Nc2nccc([C@H]3CCCN(CCc4ccccc4)C3)n2)ncn1. The van der Waals surface area contributed by atoms with E-state index in [2.05, 4.69) is 60.8 Å². The first-order chi connectivity index (χ1) is 14.3. The number of aromatic nitrogens is 4. The van der Waals surface area contributed by atoms with Crippen LogP contribution in [-0.4, -0.2) is 51.5 Å².